The smallest absolute Gasteiger partial charge is 0.411 e. The minimum absolute atomic E-state index is 0.0184. The second-order valence-corrected chi connectivity index (χ2v) is 10.7. The van der Waals surface area contributed by atoms with Gasteiger partial charge in [-0.15, -0.1) is 5.10 Å². The van der Waals surface area contributed by atoms with E-state index in [-0.39, 0.29) is 39.5 Å². The number of halogens is 5. The predicted molar refractivity (Wildman–Crippen MR) is 138 cm³/mol. The Bertz CT molecular complexity index is 1800. The number of nitriles is 1. The standard InChI is InChI=1S/C25H19Cl2F3N6O3/c1-23(2)10-32-24(3,25(28,29)30)20-18(23)13-8-12(4-5-16(13)33-20)39-19-14(26)6-11(7-15(19)27)36-22(38)34-21(37)17(9-31)35-36/h4-8,32-33H,10H2,1-3H3,(H,34,37,38). The van der Waals surface area contributed by atoms with E-state index in [1.54, 1.807) is 24.3 Å². The fourth-order valence-corrected chi connectivity index (χ4v) is 5.21. The molecule has 1 unspecified atom stereocenters. The third-order valence-electron chi connectivity index (χ3n) is 6.78. The van der Waals surface area contributed by atoms with Gasteiger partial charge in [0.05, 0.1) is 15.7 Å². The monoisotopic (exact) mass is 578 g/mol. The van der Waals surface area contributed by atoms with E-state index in [4.69, 9.17) is 33.2 Å². The molecule has 0 saturated heterocycles. The second-order valence-electron chi connectivity index (χ2n) is 9.91. The molecule has 0 spiro atoms. The Kier molecular flexibility index (Phi) is 6.10. The Morgan fingerprint density at radius 1 is 1.10 bits per heavy atom. The highest BCUT2D eigenvalue weighted by atomic mass is 35.5. The Morgan fingerprint density at radius 2 is 1.77 bits per heavy atom. The number of nitrogens with zero attached hydrogens (tertiary/aromatic N) is 3. The highest BCUT2D eigenvalue weighted by Crippen LogP contribution is 2.49. The molecule has 0 saturated carbocycles. The summed E-state index contributed by atoms with van der Waals surface area (Å²) in [5.74, 6) is 0.278. The maximum atomic E-state index is 14.1. The SMILES string of the molecule is CC1(C)CNC(C)(C(F)(F)F)c2[nH]c3ccc(Oc4c(Cl)cc(-n5nc(C#N)c(=O)[nH]c5=O)cc4Cl)cc3c21. The van der Waals surface area contributed by atoms with Gasteiger partial charge in [-0.1, -0.05) is 37.0 Å². The summed E-state index contributed by atoms with van der Waals surface area (Å²) in [6.07, 6.45) is -4.54. The van der Waals surface area contributed by atoms with E-state index in [2.05, 4.69) is 15.4 Å². The zero-order chi connectivity index (χ0) is 28.5. The van der Waals surface area contributed by atoms with Crippen molar-refractivity contribution in [1.82, 2.24) is 25.1 Å². The second kappa shape index (κ2) is 8.87. The van der Waals surface area contributed by atoms with Crippen molar-refractivity contribution >= 4 is 34.1 Å². The number of fused-ring (bicyclic) bond motifs is 3. The summed E-state index contributed by atoms with van der Waals surface area (Å²) in [4.78, 5) is 28.8. The van der Waals surface area contributed by atoms with Gasteiger partial charge in [-0.3, -0.25) is 15.1 Å². The number of aromatic nitrogens is 4. The van der Waals surface area contributed by atoms with Crippen LogP contribution in [0.4, 0.5) is 13.2 Å². The van der Waals surface area contributed by atoms with Crippen molar-refractivity contribution in [3.63, 3.8) is 0 Å². The van der Waals surface area contributed by atoms with Gasteiger partial charge in [0.2, 0.25) is 5.69 Å². The average molecular weight is 579 g/mol. The van der Waals surface area contributed by atoms with E-state index in [1.165, 1.54) is 12.1 Å². The van der Waals surface area contributed by atoms with E-state index in [0.29, 0.717) is 16.5 Å². The van der Waals surface area contributed by atoms with Crippen molar-refractivity contribution in [2.24, 2.45) is 0 Å². The van der Waals surface area contributed by atoms with E-state index >= 15 is 0 Å². The van der Waals surface area contributed by atoms with Gasteiger partial charge in [-0.05, 0) is 42.8 Å². The third-order valence-corrected chi connectivity index (χ3v) is 7.34. The summed E-state index contributed by atoms with van der Waals surface area (Å²) in [5, 5.41) is 15.9. The van der Waals surface area contributed by atoms with Crippen molar-refractivity contribution in [3.8, 4) is 23.3 Å². The summed E-state index contributed by atoms with van der Waals surface area (Å²) in [6, 6.07) is 8.97. The molecule has 0 fully saturated rings. The Balaban J connectivity index is 1.58. The van der Waals surface area contributed by atoms with Crippen LogP contribution < -0.4 is 21.3 Å². The number of benzene rings is 2. The topological polar surface area (TPSA) is 129 Å². The van der Waals surface area contributed by atoms with Gasteiger partial charge < -0.3 is 9.72 Å². The molecular formula is C25H19Cl2F3N6O3. The lowest BCUT2D eigenvalue weighted by Gasteiger charge is -2.43. The van der Waals surface area contributed by atoms with Crippen LogP contribution >= 0.6 is 23.2 Å². The first-order valence-corrected chi connectivity index (χ1v) is 12.2. The molecule has 4 aromatic rings. The largest absolute Gasteiger partial charge is 0.454 e. The number of alkyl halides is 3. The Hall–Kier alpha value is -3.79. The quantitative estimate of drug-likeness (QED) is 0.312. The van der Waals surface area contributed by atoms with Crippen LogP contribution in [0.1, 0.15) is 37.7 Å². The lowest BCUT2D eigenvalue weighted by Crippen LogP contribution is -2.59. The fourth-order valence-electron chi connectivity index (χ4n) is 4.66. The summed E-state index contributed by atoms with van der Waals surface area (Å²) >= 11 is 12.8. The molecular weight excluding hydrogens is 560 g/mol. The molecule has 0 radical (unpaired) electrons. The lowest BCUT2D eigenvalue weighted by molar-refractivity contribution is -0.199. The van der Waals surface area contributed by atoms with Crippen molar-refractivity contribution in [3.05, 3.63) is 78.2 Å². The van der Waals surface area contributed by atoms with Gasteiger partial charge in [-0.25, -0.2) is 4.79 Å². The molecule has 1 aliphatic heterocycles. The first-order chi connectivity index (χ1) is 18.2. The fraction of sp³-hybridized carbons (Fsp3) is 0.280. The normalized spacial score (nSPS) is 18.5. The van der Waals surface area contributed by atoms with Crippen LogP contribution in [0.15, 0.2) is 39.9 Å². The molecule has 202 valence electrons. The van der Waals surface area contributed by atoms with Crippen molar-refractivity contribution in [2.45, 2.75) is 37.9 Å². The molecule has 1 aliphatic rings. The first kappa shape index (κ1) is 26.8. The number of hydrogen-bond donors (Lipinski definition) is 3. The number of hydrogen-bond acceptors (Lipinski definition) is 6. The van der Waals surface area contributed by atoms with Gasteiger partial charge in [-0.2, -0.15) is 23.1 Å². The van der Waals surface area contributed by atoms with Crippen LogP contribution in [0.3, 0.4) is 0 Å². The number of nitrogens with one attached hydrogen (secondary N) is 3. The maximum Gasteiger partial charge on any atom is 0.411 e. The van der Waals surface area contributed by atoms with Gasteiger partial charge >= 0.3 is 11.9 Å². The lowest BCUT2D eigenvalue weighted by atomic mass is 9.74. The van der Waals surface area contributed by atoms with Crippen LogP contribution in [0.25, 0.3) is 16.6 Å². The third kappa shape index (κ3) is 4.27. The Morgan fingerprint density at radius 3 is 2.38 bits per heavy atom. The molecule has 9 nitrogen and oxygen atoms in total. The van der Waals surface area contributed by atoms with E-state index in [9.17, 15) is 22.8 Å². The summed E-state index contributed by atoms with van der Waals surface area (Å²) in [5.41, 5.74) is -4.16. The van der Waals surface area contributed by atoms with Crippen LogP contribution in [-0.4, -0.2) is 32.5 Å². The van der Waals surface area contributed by atoms with Crippen molar-refractivity contribution in [1.29, 1.82) is 5.26 Å². The van der Waals surface area contributed by atoms with Gasteiger partial charge in [0.25, 0.3) is 5.56 Å². The van der Waals surface area contributed by atoms with Gasteiger partial charge in [0.15, 0.2) is 11.3 Å². The molecule has 1 atom stereocenters. The van der Waals surface area contributed by atoms with Gasteiger partial charge in [0.1, 0.15) is 11.8 Å². The molecule has 0 aliphatic carbocycles. The zero-order valence-electron chi connectivity index (χ0n) is 20.6. The number of aromatic amines is 2. The van der Waals surface area contributed by atoms with Crippen LogP contribution in [0, 0.1) is 11.3 Å². The zero-order valence-corrected chi connectivity index (χ0v) is 22.1. The highest BCUT2D eigenvalue weighted by Gasteiger charge is 2.57. The number of H-pyrrole nitrogens is 2. The predicted octanol–water partition coefficient (Wildman–Crippen LogP) is 5.03. The van der Waals surface area contributed by atoms with Crippen LogP contribution in [-0.2, 0) is 11.0 Å². The molecule has 3 N–H and O–H groups in total. The average Bonchev–Trinajstić information content (AvgIpc) is 3.24. The van der Waals surface area contributed by atoms with E-state index in [1.807, 2.05) is 18.8 Å². The number of rotatable bonds is 3. The van der Waals surface area contributed by atoms with Gasteiger partial charge in [0, 0.05) is 28.6 Å². The highest BCUT2D eigenvalue weighted by molar-refractivity contribution is 6.37. The molecule has 0 bridgehead atoms. The minimum Gasteiger partial charge on any atom is -0.454 e. The summed E-state index contributed by atoms with van der Waals surface area (Å²) in [7, 11) is 0. The minimum atomic E-state index is -4.54. The molecule has 39 heavy (non-hydrogen) atoms. The van der Waals surface area contributed by atoms with Crippen molar-refractivity contribution in [2.75, 3.05) is 6.54 Å². The summed E-state index contributed by atoms with van der Waals surface area (Å²) < 4.78 is 49.0. The molecule has 5 rings (SSSR count). The number of ether oxygens (including phenoxy) is 1. The van der Waals surface area contributed by atoms with Crippen LogP contribution in [0.5, 0.6) is 11.5 Å². The Labute approximate surface area is 228 Å². The molecule has 2 aromatic heterocycles. The first-order valence-electron chi connectivity index (χ1n) is 11.5. The maximum absolute atomic E-state index is 14.1. The molecule has 2 aromatic carbocycles. The molecule has 14 heteroatoms. The molecule has 3 heterocycles. The van der Waals surface area contributed by atoms with Crippen LogP contribution in [0.2, 0.25) is 10.0 Å². The molecule has 0 amide bonds. The van der Waals surface area contributed by atoms with Crippen molar-refractivity contribution < 1.29 is 17.9 Å². The van der Waals surface area contributed by atoms with E-state index < -0.39 is 34.1 Å². The van der Waals surface area contributed by atoms with E-state index in [0.717, 1.165) is 11.6 Å². The summed E-state index contributed by atoms with van der Waals surface area (Å²) in [6.45, 7) is 4.91.